The molecule has 0 fully saturated rings. The molecule has 0 saturated carbocycles. The van der Waals surface area contributed by atoms with Crippen LogP contribution in [0.2, 0.25) is 5.02 Å². The molecule has 7 heteroatoms. The zero-order valence-electron chi connectivity index (χ0n) is 13.6. The highest BCUT2D eigenvalue weighted by Gasteiger charge is 2.24. The first-order valence-electron chi connectivity index (χ1n) is 7.76. The van der Waals surface area contributed by atoms with Gasteiger partial charge in [-0.3, -0.25) is 9.48 Å². The fourth-order valence-corrected chi connectivity index (χ4v) is 2.63. The summed E-state index contributed by atoms with van der Waals surface area (Å²) in [5.41, 5.74) is 1.36. The third-order valence-corrected chi connectivity index (χ3v) is 3.98. The molecule has 0 radical (unpaired) electrons. The first-order chi connectivity index (χ1) is 11.4. The van der Waals surface area contributed by atoms with Crippen LogP contribution >= 0.6 is 11.6 Å². The van der Waals surface area contributed by atoms with Crippen molar-refractivity contribution in [1.29, 1.82) is 0 Å². The molecule has 1 amide bonds. The van der Waals surface area contributed by atoms with Gasteiger partial charge in [-0.15, -0.1) is 0 Å². The Bertz CT molecular complexity index is 742. The lowest BCUT2D eigenvalue weighted by atomic mass is 10.1. The van der Waals surface area contributed by atoms with E-state index in [1.165, 1.54) is 4.68 Å². The summed E-state index contributed by atoms with van der Waals surface area (Å²) >= 11 is 6.19. The standard InChI is InChI=1S/C17H20ClN3O3/c1-3-4-9-14(17(23)24)19-16(22)12-10-21(2)20-15(12)11-7-5-6-8-13(11)18/h5-8,10,14H,3-4,9H2,1-2H3,(H,19,22)(H,23,24). The first-order valence-corrected chi connectivity index (χ1v) is 8.14. The molecule has 6 nitrogen and oxygen atoms in total. The average Bonchev–Trinajstić information content (AvgIpc) is 2.93. The highest BCUT2D eigenvalue weighted by atomic mass is 35.5. The van der Waals surface area contributed by atoms with Crippen molar-refractivity contribution in [3.63, 3.8) is 0 Å². The van der Waals surface area contributed by atoms with Gasteiger partial charge in [0.1, 0.15) is 11.7 Å². The Morgan fingerprint density at radius 1 is 1.38 bits per heavy atom. The fraction of sp³-hybridized carbons (Fsp3) is 0.353. The van der Waals surface area contributed by atoms with Crippen LogP contribution in [-0.2, 0) is 11.8 Å². The minimum absolute atomic E-state index is 0.299. The summed E-state index contributed by atoms with van der Waals surface area (Å²) in [6.45, 7) is 1.97. The predicted octanol–water partition coefficient (Wildman–Crippen LogP) is 3.11. The molecule has 2 N–H and O–H groups in total. The molecule has 0 bridgehead atoms. The highest BCUT2D eigenvalue weighted by Crippen LogP contribution is 2.29. The number of nitrogens with zero attached hydrogens (tertiary/aromatic N) is 2. The molecule has 128 valence electrons. The monoisotopic (exact) mass is 349 g/mol. The molecule has 1 atom stereocenters. The van der Waals surface area contributed by atoms with Crippen molar-refractivity contribution in [1.82, 2.24) is 15.1 Å². The lowest BCUT2D eigenvalue weighted by Gasteiger charge is -2.14. The van der Waals surface area contributed by atoms with Crippen LogP contribution in [0.5, 0.6) is 0 Å². The zero-order valence-corrected chi connectivity index (χ0v) is 14.4. The molecule has 0 aliphatic carbocycles. The number of hydrogen-bond acceptors (Lipinski definition) is 3. The third-order valence-electron chi connectivity index (χ3n) is 3.65. The first kappa shape index (κ1) is 18.0. The van der Waals surface area contributed by atoms with E-state index in [1.807, 2.05) is 6.92 Å². The van der Waals surface area contributed by atoms with Gasteiger partial charge in [-0.05, 0) is 12.5 Å². The maximum absolute atomic E-state index is 12.6. The number of hydrogen-bond donors (Lipinski definition) is 2. The summed E-state index contributed by atoms with van der Waals surface area (Å²) in [4.78, 5) is 23.9. The van der Waals surface area contributed by atoms with E-state index in [4.69, 9.17) is 11.6 Å². The van der Waals surface area contributed by atoms with Crippen molar-refractivity contribution in [2.24, 2.45) is 7.05 Å². The molecule has 1 aromatic carbocycles. The van der Waals surface area contributed by atoms with E-state index in [-0.39, 0.29) is 0 Å². The normalized spacial score (nSPS) is 12.0. The van der Waals surface area contributed by atoms with Crippen LogP contribution in [0.25, 0.3) is 11.3 Å². The number of carbonyl (C=O) groups is 2. The Labute approximate surface area is 145 Å². The molecule has 24 heavy (non-hydrogen) atoms. The van der Waals surface area contributed by atoms with Gasteiger partial charge in [-0.1, -0.05) is 49.6 Å². The van der Waals surface area contributed by atoms with Crippen LogP contribution in [0.15, 0.2) is 30.5 Å². The van der Waals surface area contributed by atoms with Gasteiger partial charge >= 0.3 is 5.97 Å². The van der Waals surface area contributed by atoms with Gasteiger partial charge < -0.3 is 10.4 Å². The Morgan fingerprint density at radius 3 is 2.71 bits per heavy atom. The predicted molar refractivity (Wildman–Crippen MR) is 92.1 cm³/mol. The van der Waals surface area contributed by atoms with E-state index in [0.717, 1.165) is 12.8 Å². The van der Waals surface area contributed by atoms with Crippen LogP contribution in [0.4, 0.5) is 0 Å². The molecule has 0 aliphatic rings. The van der Waals surface area contributed by atoms with Crippen LogP contribution in [-0.4, -0.2) is 32.8 Å². The van der Waals surface area contributed by atoms with Crippen LogP contribution in [0.1, 0.15) is 36.5 Å². The summed E-state index contributed by atoms with van der Waals surface area (Å²) in [6.07, 6.45) is 3.53. The van der Waals surface area contributed by atoms with Crippen molar-refractivity contribution >= 4 is 23.5 Å². The van der Waals surface area contributed by atoms with E-state index in [9.17, 15) is 14.7 Å². The number of benzene rings is 1. The number of aryl methyl sites for hydroxylation is 1. The smallest absolute Gasteiger partial charge is 0.326 e. The van der Waals surface area contributed by atoms with Gasteiger partial charge in [0, 0.05) is 18.8 Å². The van der Waals surface area contributed by atoms with E-state index < -0.39 is 17.9 Å². The van der Waals surface area contributed by atoms with Gasteiger partial charge in [0.2, 0.25) is 0 Å². The van der Waals surface area contributed by atoms with Gasteiger partial charge in [0.05, 0.1) is 10.6 Å². The molecule has 0 aliphatic heterocycles. The molecule has 2 rings (SSSR count). The van der Waals surface area contributed by atoms with Gasteiger partial charge in [0.15, 0.2) is 0 Å². The third kappa shape index (κ3) is 4.14. The van der Waals surface area contributed by atoms with Gasteiger partial charge in [0.25, 0.3) is 5.91 Å². The lowest BCUT2D eigenvalue weighted by Crippen LogP contribution is -2.40. The molecule has 2 aromatic rings. The number of carboxylic acids is 1. The second kappa shape index (κ2) is 7.97. The summed E-state index contributed by atoms with van der Waals surface area (Å²) in [5.74, 6) is -1.51. The van der Waals surface area contributed by atoms with E-state index >= 15 is 0 Å². The van der Waals surface area contributed by atoms with E-state index in [1.54, 1.807) is 37.5 Å². The SMILES string of the molecule is CCCCC(NC(=O)c1cn(C)nc1-c1ccccc1Cl)C(=O)O. The van der Waals surface area contributed by atoms with Crippen molar-refractivity contribution in [2.75, 3.05) is 0 Å². The number of amides is 1. The average molecular weight is 350 g/mol. The number of halogens is 1. The number of carboxylic acid groups (broad SMARTS) is 1. The Morgan fingerprint density at radius 2 is 2.08 bits per heavy atom. The summed E-state index contributed by atoms with van der Waals surface area (Å²) < 4.78 is 1.51. The number of carbonyl (C=O) groups excluding carboxylic acids is 1. The van der Waals surface area contributed by atoms with Crippen LogP contribution in [0, 0.1) is 0 Å². The number of aliphatic carboxylic acids is 1. The second-order valence-corrected chi connectivity index (χ2v) is 5.96. The molecular weight excluding hydrogens is 330 g/mol. The molecule has 1 aromatic heterocycles. The molecule has 1 heterocycles. The largest absolute Gasteiger partial charge is 0.480 e. The topological polar surface area (TPSA) is 84.2 Å². The second-order valence-electron chi connectivity index (χ2n) is 5.55. The van der Waals surface area contributed by atoms with E-state index in [2.05, 4.69) is 10.4 Å². The van der Waals surface area contributed by atoms with Crippen LogP contribution in [0.3, 0.4) is 0 Å². The van der Waals surface area contributed by atoms with Crippen molar-refractivity contribution in [3.8, 4) is 11.3 Å². The highest BCUT2D eigenvalue weighted by molar-refractivity contribution is 6.33. The minimum Gasteiger partial charge on any atom is -0.480 e. The summed E-state index contributed by atoms with van der Waals surface area (Å²) in [5, 5.41) is 16.6. The quantitative estimate of drug-likeness (QED) is 0.804. The molecule has 0 saturated heterocycles. The molecule has 1 unspecified atom stereocenters. The van der Waals surface area contributed by atoms with Crippen molar-refractivity contribution in [3.05, 3.63) is 41.0 Å². The van der Waals surface area contributed by atoms with Crippen molar-refractivity contribution in [2.45, 2.75) is 32.2 Å². The Kier molecular flexibility index (Phi) is 5.98. The van der Waals surface area contributed by atoms with E-state index in [0.29, 0.717) is 28.3 Å². The number of nitrogens with one attached hydrogen (secondary N) is 1. The Balaban J connectivity index is 2.30. The lowest BCUT2D eigenvalue weighted by molar-refractivity contribution is -0.139. The Hall–Kier alpha value is -2.34. The fourth-order valence-electron chi connectivity index (χ4n) is 2.41. The molecular formula is C17H20ClN3O3. The van der Waals surface area contributed by atoms with Crippen molar-refractivity contribution < 1.29 is 14.7 Å². The number of unbranched alkanes of at least 4 members (excludes halogenated alkanes) is 1. The summed E-state index contributed by atoms with van der Waals surface area (Å²) in [6, 6.07) is 6.16. The number of aromatic nitrogens is 2. The zero-order chi connectivity index (χ0) is 17.7. The minimum atomic E-state index is -1.04. The maximum Gasteiger partial charge on any atom is 0.326 e. The van der Waals surface area contributed by atoms with Gasteiger partial charge in [-0.2, -0.15) is 5.10 Å². The molecule has 0 spiro atoms. The van der Waals surface area contributed by atoms with Gasteiger partial charge in [-0.25, -0.2) is 4.79 Å². The number of rotatable bonds is 7. The maximum atomic E-state index is 12.6. The summed E-state index contributed by atoms with van der Waals surface area (Å²) in [7, 11) is 1.70. The van der Waals surface area contributed by atoms with Crippen LogP contribution < -0.4 is 5.32 Å².